The number of phenolic OH excluding ortho intramolecular Hbond substituents is 1. The Hall–Kier alpha value is -3.34. The lowest BCUT2D eigenvalue weighted by Gasteiger charge is -2.09. The lowest BCUT2D eigenvalue weighted by atomic mass is 10.1. The number of rotatable bonds is 2. The summed E-state index contributed by atoms with van der Waals surface area (Å²) in [6.45, 7) is 1.93. The number of fused-ring (bicyclic) bond motifs is 1. The number of para-hydroxylation sites is 2. The first-order valence-corrected chi connectivity index (χ1v) is 7.65. The number of nitrogens with two attached hydrogens (primary N) is 1. The number of hydrogen-bond acceptors (Lipinski definition) is 4. The van der Waals surface area contributed by atoms with E-state index in [1.165, 1.54) is 0 Å². The third-order valence-electron chi connectivity index (χ3n) is 4.03. The van der Waals surface area contributed by atoms with E-state index in [1.807, 2.05) is 49.4 Å². The van der Waals surface area contributed by atoms with Crippen molar-refractivity contribution in [1.29, 1.82) is 0 Å². The predicted molar refractivity (Wildman–Crippen MR) is 95.1 cm³/mol. The van der Waals surface area contributed by atoms with E-state index >= 15 is 0 Å². The standard InChI is InChI=1S/C19H16N4O/c1-12-15-11-16(20)18(14-9-5-6-10-17(14)24)21-19(15)23(22-12)13-7-3-2-4-8-13/h2-11,24H,20H2,1H3. The van der Waals surface area contributed by atoms with Crippen molar-refractivity contribution < 1.29 is 5.11 Å². The summed E-state index contributed by atoms with van der Waals surface area (Å²) in [6, 6.07) is 18.7. The van der Waals surface area contributed by atoms with Crippen molar-refractivity contribution in [3.8, 4) is 22.7 Å². The van der Waals surface area contributed by atoms with Crippen LogP contribution in [0.25, 0.3) is 28.0 Å². The molecule has 0 bridgehead atoms. The molecule has 0 unspecified atom stereocenters. The van der Waals surface area contributed by atoms with Crippen molar-refractivity contribution in [2.75, 3.05) is 5.73 Å². The first-order valence-electron chi connectivity index (χ1n) is 7.65. The van der Waals surface area contributed by atoms with E-state index in [1.54, 1.807) is 22.9 Å². The van der Waals surface area contributed by atoms with Crippen LogP contribution in [0, 0.1) is 6.92 Å². The minimum Gasteiger partial charge on any atom is -0.507 e. The average Bonchev–Trinajstić information content (AvgIpc) is 2.92. The van der Waals surface area contributed by atoms with Crippen molar-refractivity contribution in [1.82, 2.24) is 14.8 Å². The molecule has 24 heavy (non-hydrogen) atoms. The summed E-state index contributed by atoms with van der Waals surface area (Å²) >= 11 is 0. The van der Waals surface area contributed by atoms with Crippen molar-refractivity contribution >= 4 is 16.7 Å². The highest BCUT2D eigenvalue weighted by atomic mass is 16.3. The second-order valence-electron chi connectivity index (χ2n) is 5.65. The maximum absolute atomic E-state index is 10.1. The monoisotopic (exact) mass is 316 g/mol. The number of aromatic hydroxyl groups is 1. The quantitative estimate of drug-likeness (QED) is 0.591. The largest absolute Gasteiger partial charge is 0.507 e. The Balaban J connectivity index is 2.02. The maximum atomic E-state index is 10.1. The highest BCUT2D eigenvalue weighted by Crippen LogP contribution is 2.34. The van der Waals surface area contributed by atoms with Gasteiger partial charge in [0.2, 0.25) is 0 Å². The van der Waals surface area contributed by atoms with Crippen molar-refractivity contribution in [3.05, 3.63) is 66.4 Å². The van der Waals surface area contributed by atoms with Gasteiger partial charge in [0.1, 0.15) is 5.75 Å². The summed E-state index contributed by atoms with van der Waals surface area (Å²) in [7, 11) is 0. The zero-order valence-electron chi connectivity index (χ0n) is 13.1. The van der Waals surface area contributed by atoms with E-state index in [4.69, 9.17) is 10.7 Å². The van der Waals surface area contributed by atoms with Gasteiger partial charge < -0.3 is 10.8 Å². The fourth-order valence-electron chi connectivity index (χ4n) is 2.84. The molecule has 0 saturated carbocycles. The first kappa shape index (κ1) is 14.3. The van der Waals surface area contributed by atoms with Gasteiger partial charge in [-0.05, 0) is 37.3 Å². The molecular weight excluding hydrogens is 300 g/mol. The first-order chi connectivity index (χ1) is 11.6. The van der Waals surface area contributed by atoms with Crippen LogP contribution >= 0.6 is 0 Å². The molecule has 4 rings (SSSR count). The van der Waals surface area contributed by atoms with Gasteiger partial charge in [0.15, 0.2) is 5.65 Å². The molecule has 0 aliphatic rings. The van der Waals surface area contributed by atoms with Crippen LogP contribution in [-0.4, -0.2) is 19.9 Å². The molecule has 0 spiro atoms. The van der Waals surface area contributed by atoms with Crippen LogP contribution in [0.1, 0.15) is 5.69 Å². The van der Waals surface area contributed by atoms with Gasteiger partial charge in [-0.2, -0.15) is 5.10 Å². The topological polar surface area (TPSA) is 77.0 Å². The van der Waals surface area contributed by atoms with Crippen molar-refractivity contribution in [2.24, 2.45) is 0 Å². The predicted octanol–water partition coefficient (Wildman–Crippen LogP) is 3.68. The molecule has 5 nitrogen and oxygen atoms in total. The summed E-state index contributed by atoms with van der Waals surface area (Å²) in [6.07, 6.45) is 0. The smallest absolute Gasteiger partial charge is 0.163 e. The van der Waals surface area contributed by atoms with Gasteiger partial charge in [0, 0.05) is 10.9 Å². The second-order valence-corrected chi connectivity index (χ2v) is 5.65. The van der Waals surface area contributed by atoms with E-state index in [-0.39, 0.29) is 5.75 Å². The Morgan fingerprint density at radius 2 is 1.71 bits per heavy atom. The van der Waals surface area contributed by atoms with Crippen LogP contribution in [0.2, 0.25) is 0 Å². The van der Waals surface area contributed by atoms with E-state index in [9.17, 15) is 5.11 Å². The molecule has 0 amide bonds. The molecule has 0 aliphatic heterocycles. The molecule has 2 heterocycles. The van der Waals surface area contributed by atoms with Crippen LogP contribution in [0.4, 0.5) is 5.69 Å². The molecule has 0 fully saturated rings. The number of benzene rings is 2. The third-order valence-corrected chi connectivity index (χ3v) is 4.03. The van der Waals surface area contributed by atoms with Crippen LogP contribution in [-0.2, 0) is 0 Å². The lowest BCUT2D eigenvalue weighted by molar-refractivity contribution is 0.477. The van der Waals surface area contributed by atoms with E-state index in [0.717, 1.165) is 16.8 Å². The number of phenols is 1. The molecular formula is C19H16N4O. The SMILES string of the molecule is Cc1nn(-c2ccccc2)c2nc(-c3ccccc3O)c(N)cc12. The maximum Gasteiger partial charge on any atom is 0.163 e. The summed E-state index contributed by atoms with van der Waals surface area (Å²) in [5, 5.41) is 15.6. The number of aryl methyl sites for hydroxylation is 1. The normalized spacial score (nSPS) is 11.0. The zero-order chi connectivity index (χ0) is 16.7. The van der Waals surface area contributed by atoms with Crippen LogP contribution in [0.15, 0.2) is 60.7 Å². The van der Waals surface area contributed by atoms with Gasteiger partial charge in [-0.15, -0.1) is 0 Å². The Morgan fingerprint density at radius 1 is 1.00 bits per heavy atom. The third kappa shape index (κ3) is 2.18. The minimum atomic E-state index is 0.151. The lowest BCUT2D eigenvalue weighted by Crippen LogP contribution is -2.00. The molecule has 2 aromatic carbocycles. The van der Waals surface area contributed by atoms with Crippen LogP contribution in [0.5, 0.6) is 5.75 Å². The minimum absolute atomic E-state index is 0.151. The highest BCUT2D eigenvalue weighted by Gasteiger charge is 2.16. The van der Waals surface area contributed by atoms with Gasteiger partial charge in [0.05, 0.1) is 22.8 Å². The number of aromatic nitrogens is 3. The van der Waals surface area contributed by atoms with Crippen molar-refractivity contribution in [3.63, 3.8) is 0 Å². The molecule has 2 aromatic heterocycles. The Morgan fingerprint density at radius 3 is 2.46 bits per heavy atom. The molecule has 118 valence electrons. The fourth-order valence-corrected chi connectivity index (χ4v) is 2.84. The van der Waals surface area contributed by atoms with E-state index < -0.39 is 0 Å². The summed E-state index contributed by atoms with van der Waals surface area (Å²) < 4.78 is 1.80. The molecule has 4 aromatic rings. The van der Waals surface area contributed by atoms with Crippen LogP contribution in [0.3, 0.4) is 0 Å². The molecule has 0 atom stereocenters. The van der Waals surface area contributed by atoms with Gasteiger partial charge >= 0.3 is 0 Å². The Kier molecular flexibility index (Phi) is 3.20. The van der Waals surface area contributed by atoms with Gasteiger partial charge in [0.25, 0.3) is 0 Å². The molecule has 0 saturated heterocycles. The van der Waals surface area contributed by atoms with Gasteiger partial charge in [-0.25, -0.2) is 9.67 Å². The summed E-state index contributed by atoms with van der Waals surface area (Å²) in [5.74, 6) is 0.151. The second kappa shape index (κ2) is 5.38. The van der Waals surface area contributed by atoms with E-state index in [2.05, 4.69) is 5.10 Å². The molecule has 5 heteroatoms. The zero-order valence-corrected chi connectivity index (χ0v) is 13.1. The Bertz CT molecular complexity index is 1040. The molecule has 0 radical (unpaired) electrons. The number of pyridine rings is 1. The van der Waals surface area contributed by atoms with Crippen molar-refractivity contribution in [2.45, 2.75) is 6.92 Å². The molecule has 0 aliphatic carbocycles. The summed E-state index contributed by atoms with van der Waals surface area (Å²) in [4.78, 5) is 4.72. The number of hydrogen-bond donors (Lipinski definition) is 2. The average molecular weight is 316 g/mol. The highest BCUT2D eigenvalue weighted by molar-refractivity contribution is 5.89. The Labute approximate surface area is 139 Å². The fraction of sp³-hybridized carbons (Fsp3) is 0.0526. The number of anilines is 1. The number of nitrogen functional groups attached to an aromatic ring is 1. The molecule has 3 N–H and O–H groups in total. The summed E-state index contributed by atoms with van der Waals surface area (Å²) in [5.41, 5.74) is 10.4. The number of nitrogens with zero attached hydrogens (tertiary/aromatic N) is 3. The van der Waals surface area contributed by atoms with E-state index in [0.29, 0.717) is 22.6 Å². The van der Waals surface area contributed by atoms with Crippen LogP contribution < -0.4 is 5.73 Å². The van der Waals surface area contributed by atoms with Gasteiger partial charge in [-0.3, -0.25) is 0 Å². The van der Waals surface area contributed by atoms with Gasteiger partial charge in [-0.1, -0.05) is 30.3 Å².